The van der Waals surface area contributed by atoms with E-state index in [0.717, 1.165) is 0 Å². The fraction of sp³-hybridized carbons (Fsp3) is 0.429. The topological polar surface area (TPSA) is 65.4 Å². The Labute approximate surface area is 75.4 Å². The number of methoxy groups -OCH3 is 1. The van der Waals surface area contributed by atoms with Gasteiger partial charge in [-0.15, -0.1) is 0 Å². The van der Waals surface area contributed by atoms with Gasteiger partial charge >= 0.3 is 6.03 Å². The van der Waals surface area contributed by atoms with E-state index in [9.17, 15) is 4.79 Å². The van der Waals surface area contributed by atoms with Gasteiger partial charge in [0.15, 0.2) is 0 Å². The number of rotatable bonds is 4. The minimum Gasteiger partial charge on any atom is -0.382 e. The van der Waals surface area contributed by atoms with E-state index in [2.05, 4.69) is 10.5 Å². The zero-order chi connectivity index (χ0) is 9.52. The predicted molar refractivity (Wildman–Crippen MR) is 44.0 cm³/mol. The Morgan fingerprint density at radius 3 is 3.08 bits per heavy atom. The quantitative estimate of drug-likeness (QED) is 0.530. The third-order valence-electron chi connectivity index (χ3n) is 1.29. The standard InChI is InChI=1S/C7H11N3O3/c1-12-4-5-13-9-7(11)10-3-2-8-6-10/h2-3,6H,4-5H2,1H3,(H,9,11). The van der Waals surface area contributed by atoms with Crippen LogP contribution in [0, 0.1) is 0 Å². The molecule has 1 heterocycles. The van der Waals surface area contributed by atoms with Gasteiger partial charge in [0, 0.05) is 19.5 Å². The second-order valence-electron chi connectivity index (χ2n) is 2.22. The van der Waals surface area contributed by atoms with Gasteiger partial charge < -0.3 is 4.74 Å². The Morgan fingerprint density at radius 2 is 2.46 bits per heavy atom. The zero-order valence-electron chi connectivity index (χ0n) is 7.27. The SMILES string of the molecule is COCCONC(=O)n1ccnc1. The van der Waals surface area contributed by atoms with Crippen molar-refractivity contribution in [3.8, 4) is 0 Å². The van der Waals surface area contributed by atoms with Gasteiger partial charge in [0.25, 0.3) is 0 Å². The molecule has 0 spiro atoms. The molecule has 6 heteroatoms. The zero-order valence-corrected chi connectivity index (χ0v) is 7.27. The number of carbonyl (C=O) groups is 1. The molecule has 1 amide bonds. The maximum atomic E-state index is 11.1. The highest BCUT2D eigenvalue weighted by molar-refractivity contribution is 5.75. The lowest BCUT2D eigenvalue weighted by Crippen LogP contribution is -2.28. The average Bonchev–Trinajstić information content (AvgIpc) is 2.65. The van der Waals surface area contributed by atoms with Crippen LogP contribution in [0.2, 0.25) is 0 Å². The van der Waals surface area contributed by atoms with Crippen molar-refractivity contribution in [2.45, 2.75) is 0 Å². The molecule has 13 heavy (non-hydrogen) atoms. The van der Waals surface area contributed by atoms with Gasteiger partial charge in [-0.3, -0.25) is 9.40 Å². The van der Waals surface area contributed by atoms with E-state index in [-0.39, 0.29) is 6.03 Å². The summed E-state index contributed by atoms with van der Waals surface area (Å²) in [5, 5.41) is 0. The summed E-state index contributed by atoms with van der Waals surface area (Å²) in [6.07, 6.45) is 4.42. The monoisotopic (exact) mass is 185 g/mol. The van der Waals surface area contributed by atoms with Crippen LogP contribution in [0.15, 0.2) is 18.7 Å². The lowest BCUT2D eigenvalue weighted by molar-refractivity contribution is 0.0245. The summed E-state index contributed by atoms with van der Waals surface area (Å²) in [5.41, 5.74) is 2.22. The average molecular weight is 185 g/mol. The molecule has 1 aromatic rings. The number of imidazole rings is 1. The van der Waals surface area contributed by atoms with Gasteiger partial charge in [-0.1, -0.05) is 0 Å². The number of hydrogen-bond acceptors (Lipinski definition) is 4. The van der Waals surface area contributed by atoms with E-state index in [4.69, 9.17) is 9.57 Å². The van der Waals surface area contributed by atoms with Gasteiger partial charge in [-0.2, -0.15) is 0 Å². The van der Waals surface area contributed by atoms with Crippen molar-refractivity contribution in [3.05, 3.63) is 18.7 Å². The van der Waals surface area contributed by atoms with Crippen LogP contribution in [0.5, 0.6) is 0 Å². The number of nitrogens with zero attached hydrogens (tertiary/aromatic N) is 2. The van der Waals surface area contributed by atoms with Crippen LogP contribution < -0.4 is 5.48 Å². The highest BCUT2D eigenvalue weighted by Crippen LogP contribution is 1.84. The van der Waals surface area contributed by atoms with Crippen LogP contribution in [-0.4, -0.2) is 35.9 Å². The lowest BCUT2D eigenvalue weighted by atomic mass is 10.8. The molecule has 6 nitrogen and oxygen atoms in total. The number of hydrogen-bond donors (Lipinski definition) is 1. The number of nitrogens with one attached hydrogen (secondary N) is 1. The number of aromatic nitrogens is 2. The van der Waals surface area contributed by atoms with Crippen molar-refractivity contribution in [2.24, 2.45) is 0 Å². The molecule has 0 saturated heterocycles. The van der Waals surface area contributed by atoms with Gasteiger partial charge in [0.1, 0.15) is 6.33 Å². The number of carbonyl (C=O) groups excluding carboxylic acids is 1. The molecule has 0 atom stereocenters. The number of hydroxylamine groups is 1. The van der Waals surface area contributed by atoms with Gasteiger partial charge in [0.05, 0.1) is 13.2 Å². The fourth-order valence-corrected chi connectivity index (χ4v) is 0.670. The summed E-state index contributed by atoms with van der Waals surface area (Å²) >= 11 is 0. The van der Waals surface area contributed by atoms with Gasteiger partial charge in [0.2, 0.25) is 0 Å². The summed E-state index contributed by atoms with van der Waals surface area (Å²) in [6, 6.07) is -0.381. The normalized spacial score (nSPS) is 9.92. The van der Waals surface area contributed by atoms with E-state index in [0.29, 0.717) is 13.2 Å². The van der Waals surface area contributed by atoms with E-state index in [1.165, 1.54) is 23.3 Å². The molecule has 0 aliphatic rings. The summed E-state index contributed by atoms with van der Waals surface area (Å²) in [5.74, 6) is 0. The molecule has 0 unspecified atom stereocenters. The van der Waals surface area contributed by atoms with E-state index in [1.54, 1.807) is 7.11 Å². The number of amides is 1. The minimum atomic E-state index is -0.381. The summed E-state index contributed by atoms with van der Waals surface area (Å²) in [4.78, 5) is 19.6. The molecule has 0 bridgehead atoms. The Kier molecular flexibility index (Phi) is 3.94. The first-order valence-electron chi connectivity index (χ1n) is 3.73. The van der Waals surface area contributed by atoms with Gasteiger partial charge in [-0.05, 0) is 0 Å². The van der Waals surface area contributed by atoms with Crippen LogP contribution in [0.1, 0.15) is 0 Å². The van der Waals surface area contributed by atoms with Crippen LogP contribution in [0.4, 0.5) is 4.79 Å². The van der Waals surface area contributed by atoms with Crippen molar-refractivity contribution in [1.82, 2.24) is 15.0 Å². The molecule has 0 radical (unpaired) electrons. The first-order valence-corrected chi connectivity index (χ1v) is 3.73. The summed E-state index contributed by atoms with van der Waals surface area (Å²) < 4.78 is 5.99. The Bertz CT molecular complexity index is 247. The van der Waals surface area contributed by atoms with Gasteiger partial charge in [-0.25, -0.2) is 15.3 Å². The van der Waals surface area contributed by atoms with Crippen LogP contribution in [0.25, 0.3) is 0 Å². The summed E-state index contributed by atoms with van der Waals surface area (Å²) in [6.45, 7) is 0.751. The molecule has 0 saturated carbocycles. The highest BCUT2D eigenvalue weighted by atomic mass is 16.7. The first-order chi connectivity index (χ1) is 6.34. The van der Waals surface area contributed by atoms with Crippen molar-refractivity contribution in [3.63, 3.8) is 0 Å². The number of ether oxygens (including phenoxy) is 1. The van der Waals surface area contributed by atoms with Crippen LogP contribution in [-0.2, 0) is 9.57 Å². The second kappa shape index (κ2) is 5.28. The first kappa shape index (κ1) is 9.69. The third-order valence-corrected chi connectivity index (χ3v) is 1.29. The minimum absolute atomic E-state index is 0.316. The summed E-state index contributed by atoms with van der Waals surface area (Å²) in [7, 11) is 1.56. The van der Waals surface area contributed by atoms with Crippen molar-refractivity contribution in [1.29, 1.82) is 0 Å². The Balaban J connectivity index is 2.19. The second-order valence-corrected chi connectivity index (χ2v) is 2.22. The molecule has 0 aliphatic carbocycles. The van der Waals surface area contributed by atoms with E-state index >= 15 is 0 Å². The van der Waals surface area contributed by atoms with Crippen LogP contribution in [0.3, 0.4) is 0 Å². The molecule has 0 fully saturated rings. The molecule has 1 aromatic heterocycles. The molecule has 1 N–H and O–H groups in total. The van der Waals surface area contributed by atoms with Crippen molar-refractivity contribution >= 4 is 6.03 Å². The molecule has 1 rings (SSSR count). The lowest BCUT2D eigenvalue weighted by Gasteiger charge is -2.04. The van der Waals surface area contributed by atoms with Crippen molar-refractivity contribution < 1.29 is 14.4 Å². The highest BCUT2D eigenvalue weighted by Gasteiger charge is 2.01. The van der Waals surface area contributed by atoms with Crippen molar-refractivity contribution in [2.75, 3.05) is 20.3 Å². The molecule has 0 aromatic carbocycles. The van der Waals surface area contributed by atoms with E-state index in [1.807, 2.05) is 0 Å². The maximum Gasteiger partial charge on any atom is 0.350 e. The molecule has 0 aliphatic heterocycles. The molecular formula is C7H11N3O3. The largest absolute Gasteiger partial charge is 0.382 e. The third kappa shape index (κ3) is 3.22. The smallest absolute Gasteiger partial charge is 0.350 e. The fourth-order valence-electron chi connectivity index (χ4n) is 0.670. The van der Waals surface area contributed by atoms with E-state index < -0.39 is 0 Å². The predicted octanol–water partition coefficient (Wildman–Crippen LogP) is 0.0188. The maximum absolute atomic E-state index is 11.1. The Hall–Kier alpha value is -1.40. The molecular weight excluding hydrogens is 174 g/mol. The molecule has 72 valence electrons. The van der Waals surface area contributed by atoms with Crippen LogP contribution >= 0.6 is 0 Å². The Morgan fingerprint density at radius 1 is 1.62 bits per heavy atom.